The number of nitrogens with two attached hydrogens (primary N) is 1. The molecule has 1 atom stereocenters. The lowest BCUT2D eigenvalue weighted by Gasteiger charge is -2.32. The molecule has 0 spiro atoms. The van der Waals surface area contributed by atoms with E-state index in [1.807, 2.05) is 23.6 Å². The lowest BCUT2D eigenvalue weighted by Crippen LogP contribution is -2.56. The van der Waals surface area contributed by atoms with Crippen LogP contribution in [-0.4, -0.2) is 42.4 Å². The first-order chi connectivity index (χ1) is 10.8. The summed E-state index contributed by atoms with van der Waals surface area (Å²) in [6.45, 7) is 3.29. The van der Waals surface area contributed by atoms with Crippen LogP contribution in [0.5, 0.6) is 0 Å². The van der Waals surface area contributed by atoms with Crippen LogP contribution in [0.4, 0.5) is 0 Å². The summed E-state index contributed by atoms with van der Waals surface area (Å²) in [4.78, 5) is 26.2. The smallest absolute Gasteiger partial charge is 0.242 e. The number of hydrogen-bond acceptors (Lipinski definition) is 4. The molecule has 0 saturated carbocycles. The third-order valence-electron chi connectivity index (χ3n) is 3.86. The van der Waals surface area contributed by atoms with Crippen LogP contribution in [0.15, 0.2) is 29.6 Å². The van der Waals surface area contributed by atoms with Crippen LogP contribution in [0.3, 0.4) is 0 Å². The lowest BCUT2D eigenvalue weighted by atomic mass is 10.00. The topological polar surface area (TPSA) is 75.4 Å². The zero-order valence-corrected chi connectivity index (χ0v) is 14.7. The molecule has 5 nitrogen and oxygen atoms in total. The fourth-order valence-corrected chi connectivity index (χ4v) is 3.54. The van der Waals surface area contributed by atoms with Crippen molar-refractivity contribution in [1.29, 1.82) is 0 Å². The second kappa shape index (κ2) is 6.68. The van der Waals surface area contributed by atoms with E-state index in [1.54, 1.807) is 39.3 Å². The summed E-state index contributed by atoms with van der Waals surface area (Å²) in [7, 11) is 3.21. The molecule has 2 aromatic rings. The average molecular weight is 333 g/mol. The van der Waals surface area contributed by atoms with Gasteiger partial charge in [0, 0.05) is 25.2 Å². The molecule has 0 saturated heterocycles. The Morgan fingerprint density at radius 3 is 2.61 bits per heavy atom. The Balaban J connectivity index is 2.33. The quantitative estimate of drug-likeness (QED) is 0.875. The molecule has 0 fully saturated rings. The van der Waals surface area contributed by atoms with E-state index in [0.29, 0.717) is 6.42 Å². The summed E-state index contributed by atoms with van der Waals surface area (Å²) in [6, 6.07) is 7.47. The minimum absolute atomic E-state index is 0.194. The maximum absolute atomic E-state index is 12.4. The van der Waals surface area contributed by atoms with Gasteiger partial charge in [0.15, 0.2) is 0 Å². The van der Waals surface area contributed by atoms with Crippen LogP contribution in [0.25, 0.3) is 10.1 Å². The van der Waals surface area contributed by atoms with Gasteiger partial charge in [0.25, 0.3) is 0 Å². The molecule has 1 aromatic heterocycles. The molecule has 0 bridgehead atoms. The molecular formula is C17H23N3O2S. The highest BCUT2D eigenvalue weighted by Gasteiger charge is 2.33. The van der Waals surface area contributed by atoms with Crippen LogP contribution in [0.1, 0.15) is 19.4 Å². The van der Waals surface area contributed by atoms with E-state index in [4.69, 9.17) is 5.73 Å². The van der Waals surface area contributed by atoms with Crippen molar-refractivity contribution in [2.45, 2.75) is 31.8 Å². The molecule has 0 aliphatic heterocycles. The molecule has 0 unspecified atom stereocenters. The minimum atomic E-state index is -1.02. The van der Waals surface area contributed by atoms with Gasteiger partial charge in [0.1, 0.15) is 6.04 Å². The van der Waals surface area contributed by atoms with E-state index in [1.165, 1.54) is 9.60 Å². The second-order valence-corrected chi connectivity index (χ2v) is 7.14. The van der Waals surface area contributed by atoms with Crippen LogP contribution in [0, 0.1) is 0 Å². The maximum Gasteiger partial charge on any atom is 0.242 e. The normalized spacial score (nSPS) is 12.9. The summed E-state index contributed by atoms with van der Waals surface area (Å²) in [6.07, 6.45) is 0.460. The van der Waals surface area contributed by atoms with Crippen molar-refractivity contribution >= 4 is 33.2 Å². The van der Waals surface area contributed by atoms with Crippen molar-refractivity contribution in [3.05, 3.63) is 35.2 Å². The second-order valence-electron chi connectivity index (χ2n) is 6.23. The van der Waals surface area contributed by atoms with Crippen LogP contribution >= 0.6 is 11.3 Å². The number of nitrogens with one attached hydrogen (secondary N) is 1. The van der Waals surface area contributed by atoms with Gasteiger partial charge in [-0.2, -0.15) is 0 Å². The molecule has 3 N–H and O–H groups in total. The Labute approximate surface area is 140 Å². The summed E-state index contributed by atoms with van der Waals surface area (Å²) >= 11 is 1.64. The molecule has 23 heavy (non-hydrogen) atoms. The number of hydrogen-bond donors (Lipinski definition) is 2. The molecule has 2 amide bonds. The fraction of sp³-hybridized carbons (Fsp3) is 0.412. The highest BCUT2D eigenvalue weighted by atomic mass is 32.1. The van der Waals surface area contributed by atoms with Gasteiger partial charge in [0.2, 0.25) is 11.8 Å². The molecule has 1 heterocycles. The molecule has 0 radical (unpaired) electrons. The average Bonchev–Trinajstić information content (AvgIpc) is 2.92. The highest BCUT2D eigenvalue weighted by Crippen LogP contribution is 2.27. The van der Waals surface area contributed by atoms with Crippen LogP contribution in [0.2, 0.25) is 0 Å². The number of carbonyl (C=O) groups excluding carboxylic acids is 2. The number of benzene rings is 1. The predicted molar refractivity (Wildman–Crippen MR) is 94.4 cm³/mol. The number of rotatable bonds is 5. The maximum atomic E-state index is 12.4. The Morgan fingerprint density at radius 2 is 2.00 bits per heavy atom. The van der Waals surface area contributed by atoms with E-state index in [9.17, 15) is 9.59 Å². The molecule has 2 rings (SSSR count). The zero-order chi connectivity index (χ0) is 17.2. The molecule has 0 aliphatic rings. The summed E-state index contributed by atoms with van der Waals surface area (Å²) < 4.78 is 1.17. The molecule has 124 valence electrons. The number of fused-ring (bicyclic) bond motifs is 1. The molecule has 6 heteroatoms. The first-order valence-corrected chi connectivity index (χ1v) is 8.36. The lowest BCUT2D eigenvalue weighted by molar-refractivity contribution is -0.142. The van der Waals surface area contributed by atoms with Crippen molar-refractivity contribution in [2.24, 2.45) is 5.73 Å². The third kappa shape index (κ3) is 3.71. The van der Waals surface area contributed by atoms with E-state index in [0.717, 1.165) is 10.9 Å². The minimum Gasteiger partial charge on any atom is -0.357 e. The van der Waals surface area contributed by atoms with Crippen molar-refractivity contribution in [1.82, 2.24) is 10.2 Å². The van der Waals surface area contributed by atoms with Gasteiger partial charge in [-0.25, -0.2) is 0 Å². The highest BCUT2D eigenvalue weighted by molar-refractivity contribution is 7.17. The SMILES string of the molecule is CNC(=O)[C@@H](Cc1csc2ccccc12)N(C)C(=O)C(C)(C)N. The largest absolute Gasteiger partial charge is 0.357 e. The van der Waals surface area contributed by atoms with Crippen molar-refractivity contribution < 1.29 is 9.59 Å². The van der Waals surface area contributed by atoms with Gasteiger partial charge < -0.3 is 16.0 Å². The van der Waals surface area contributed by atoms with Crippen LogP contribution < -0.4 is 11.1 Å². The first kappa shape index (κ1) is 17.4. The molecule has 0 aliphatic carbocycles. The van der Waals surface area contributed by atoms with Gasteiger partial charge in [-0.3, -0.25) is 9.59 Å². The Bertz CT molecular complexity index is 718. The Morgan fingerprint density at radius 1 is 1.35 bits per heavy atom. The molecule has 1 aromatic carbocycles. The van der Waals surface area contributed by atoms with Gasteiger partial charge >= 0.3 is 0 Å². The zero-order valence-electron chi connectivity index (χ0n) is 13.9. The van der Waals surface area contributed by atoms with Crippen molar-refractivity contribution in [3.8, 4) is 0 Å². The van der Waals surface area contributed by atoms with E-state index < -0.39 is 11.6 Å². The number of carbonyl (C=O) groups is 2. The number of likely N-dealkylation sites (N-methyl/N-ethyl adjacent to an activating group) is 2. The first-order valence-electron chi connectivity index (χ1n) is 7.48. The number of thiophene rings is 1. The van der Waals surface area contributed by atoms with E-state index >= 15 is 0 Å². The summed E-state index contributed by atoms with van der Waals surface area (Å²) in [5.41, 5.74) is 5.95. The third-order valence-corrected chi connectivity index (χ3v) is 4.87. The monoisotopic (exact) mass is 333 g/mol. The summed E-state index contributed by atoms with van der Waals surface area (Å²) in [5.74, 6) is -0.453. The van der Waals surface area contributed by atoms with Gasteiger partial charge in [-0.1, -0.05) is 18.2 Å². The predicted octanol–water partition coefficient (Wildman–Crippen LogP) is 1.75. The Hall–Kier alpha value is -1.92. The fourth-order valence-electron chi connectivity index (χ4n) is 2.57. The van der Waals surface area contributed by atoms with Crippen LogP contribution in [-0.2, 0) is 16.0 Å². The van der Waals surface area contributed by atoms with Gasteiger partial charge in [-0.05, 0) is 36.2 Å². The Kier molecular flexibility index (Phi) is 5.06. The molecular weight excluding hydrogens is 310 g/mol. The summed E-state index contributed by atoms with van der Waals surface area (Å²) in [5, 5.41) is 5.81. The van der Waals surface area contributed by atoms with Gasteiger partial charge in [0.05, 0.1) is 5.54 Å². The number of nitrogens with zero attached hydrogens (tertiary/aromatic N) is 1. The van der Waals surface area contributed by atoms with Crippen molar-refractivity contribution in [3.63, 3.8) is 0 Å². The van der Waals surface area contributed by atoms with Crippen molar-refractivity contribution in [2.75, 3.05) is 14.1 Å². The standard InChI is InChI=1S/C17H23N3O2S/c1-17(2,18)16(22)20(4)13(15(21)19-3)9-11-10-23-14-8-6-5-7-12(11)14/h5-8,10,13H,9,18H2,1-4H3,(H,19,21)/t13-/m1/s1. The number of amides is 2. The van der Waals surface area contributed by atoms with E-state index in [-0.39, 0.29) is 11.8 Å². The van der Waals surface area contributed by atoms with Gasteiger partial charge in [-0.15, -0.1) is 11.3 Å². The van der Waals surface area contributed by atoms with E-state index in [2.05, 4.69) is 11.4 Å².